The van der Waals surface area contributed by atoms with Gasteiger partial charge in [0.1, 0.15) is 11.4 Å². The smallest absolute Gasteiger partial charge is 0.322 e. The third-order valence-electron chi connectivity index (χ3n) is 4.08. The van der Waals surface area contributed by atoms with E-state index in [2.05, 4.69) is 26.6 Å². The predicted molar refractivity (Wildman–Crippen MR) is 78.6 cm³/mol. The molecule has 3 rings (SSSR count). The molecule has 22 heavy (non-hydrogen) atoms. The topological polar surface area (TPSA) is 78.5 Å². The number of hydrogen-bond acceptors (Lipinski definition) is 3. The number of nitrogens with one attached hydrogen (secondary N) is 2. The van der Waals surface area contributed by atoms with Gasteiger partial charge in [-0.05, 0) is 31.0 Å². The summed E-state index contributed by atoms with van der Waals surface area (Å²) >= 11 is 3.14. The Hall–Kier alpha value is -1.96. The second kappa shape index (κ2) is 5.35. The molecule has 8 heteroatoms. The van der Waals surface area contributed by atoms with Crippen molar-refractivity contribution in [2.45, 2.75) is 18.4 Å². The zero-order chi connectivity index (χ0) is 15.9. The van der Waals surface area contributed by atoms with Gasteiger partial charge in [-0.3, -0.25) is 14.9 Å². The molecular weight excluding hydrogens is 357 g/mol. The van der Waals surface area contributed by atoms with E-state index < -0.39 is 23.3 Å². The van der Waals surface area contributed by atoms with Crippen molar-refractivity contribution in [1.29, 1.82) is 0 Å². The van der Waals surface area contributed by atoms with Crippen LogP contribution in [-0.2, 0) is 4.79 Å². The second-order valence-corrected chi connectivity index (χ2v) is 6.32. The first-order valence-corrected chi connectivity index (χ1v) is 7.58. The molecule has 2 aliphatic heterocycles. The predicted octanol–water partition coefficient (Wildman–Crippen LogP) is 1.40. The first-order chi connectivity index (χ1) is 10.4. The maximum absolute atomic E-state index is 13.9. The molecule has 116 valence electrons. The number of likely N-dealkylation sites (tertiary alicyclic amines) is 1. The van der Waals surface area contributed by atoms with E-state index in [9.17, 15) is 18.8 Å². The molecule has 2 N–H and O–H groups in total. The fourth-order valence-corrected chi connectivity index (χ4v) is 3.14. The summed E-state index contributed by atoms with van der Waals surface area (Å²) < 4.78 is 14.4. The number of carbonyl (C=O) groups excluding carboxylic acids is 3. The molecule has 0 saturated carbocycles. The maximum Gasteiger partial charge on any atom is 0.322 e. The number of carbonyl (C=O) groups is 3. The Morgan fingerprint density at radius 1 is 1.27 bits per heavy atom. The molecule has 2 saturated heterocycles. The minimum Gasteiger partial charge on any atom is -0.338 e. The van der Waals surface area contributed by atoms with Gasteiger partial charge in [-0.25, -0.2) is 9.18 Å². The maximum atomic E-state index is 13.9. The fraction of sp³-hybridized carbons (Fsp3) is 0.357. The third-order valence-corrected chi connectivity index (χ3v) is 4.57. The van der Waals surface area contributed by atoms with Gasteiger partial charge in [0.15, 0.2) is 0 Å². The van der Waals surface area contributed by atoms with Crippen LogP contribution in [0.15, 0.2) is 22.7 Å². The molecule has 2 aliphatic rings. The first-order valence-electron chi connectivity index (χ1n) is 6.79. The molecule has 1 aromatic rings. The minimum absolute atomic E-state index is 0.000871. The molecule has 6 nitrogen and oxygen atoms in total. The third kappa shape index (κ3) is 2.47. The highest BCUT2D eigenvalue weighted by Crippen LogP contribution is 2.27. The van der Waals surface area contributed by atoms with Gasteiger partial charge in [-0.1, -0.05) is 15.9 Å². The van der Waals surface area contributed by atoms with E-state index in [0.717, 1.165) is 0 Å². The molecule has 2 heterocycles. The molecule has 1 aromatic carbocycles. The van der Waals surface area contributed by atoms with Crippen molar-refractivity contribution in [3.63, 3.8) is 0 Å². The van der Waals surface area contributed by atoms with E-state index >= 15 is 0 Å². The average Bonchev–Trinajstić information content (AvgIpc) is 2.73. The molecular formula is C14H13BrFN3O3. The summed E-state index contributed by atoms with van der Waals surface area (Å²) in [6.45, 7) is 0.560. The van der Waals surface area contributed by atoms with Crippen molar-refractivity contribution in [3.8, 4) is 0 Å². The van der Waals surface area contributed by atoms with Gasteiger partial charge < -0.3 is 10.2 Å². The van der Waals surface area contributed by atoms with Crippen LogP contribution in [0.4, 0.5) is 9.18 Å². The number of nitrogens with zero attached hydrogens (tertiary/aromatic N) is 1. The Labute approximate surface area is 134 Å². The number of amides is 4. The van der Waals surface area contributed by atoms with Crippen LogP contribution in [0.1, 0.15) is 23.2 Å². The van der Waals surface area contributed by atoms with Crippen LogP contribution < -0.4 is 10.6 Å². The minimum atomic E-state index is -0.938. The Morgan fingerprint density at radius 3 is 2.50 bits per heavy atom. The number of benzene rings is 1. The van der Waals surface area contributed by atoms with E-state index in [0.29, 0.717) is 17.3 Å². The SMILES string of the molecule is O=C1NC(=O)C2(CCN(C(=O)c3ccc(Br)cc3F)CC2)N1. The number of halogens is 2. The summed E-state index contributed by atoms with van der Waals surface area (Å²) in [6, 6.07) is 3.76. The van der Waals surface area contributed by atoms with E-state index in [1.54, 1.807) is 6.07 Å². The van der Waals surface area contributed by atoms with Gasteiger partial charge in [0, 0.05) is 17.6 Å². The lowest BCUT2D eigenvalue weighted by molar-refractivity contribution is -0.125. The lowest BCUT2D eigenvalue weighted by Crippen LogP contribution is -2.55. The summed E-state index contributed by atoms with van der Waals surface area (Å²) in [5.41, 5.74) is -0.939. The van der Waals surface area contributed by atoms with Crippen LogP contribution in [0, 0.1) is 5.82 Å². The van der Waals surface area contributed by atoms with Gasteiger partial charge in [0.05, 0.1) is 5.56 Å². The summed E-state index contributed by atoms with van der Waals surface area (Å²) in [5, 5.41) is 4.83. The molecule has 1 spiro atoms. The summed E-state index contributed by atoms with van der Waals surface area (Å²) in [6.07, 6.45) is 0.628. The quantitative estimate of drug-likeness (QED) is 0.734. The van der Waals surface area contributed by atoms with Gasteiger partial charge in [0.2, 0.25) is 0 Å². The van der Waals surface area contributed by atoms with Crippen LogP contribution in [-0.4, -0.2) is 41.4 Å². The lowest BCUT2D eigenvalue weighted by Gasteiger charge is -2.37. The van der Waals surface area contributed by atoms with Crippen molar-refractivity contribution in [2.75, 3.05) is 13.1 Å². The highest BCUT2D eigenvalue weighted by molar-refractivity contribution is 9.10. The second-order valence-electron chi connectivity index (χ2n) is 5.41. The number of urea groups is 1. The molecule has 0 aromatic heterocycles. The molecule has 0 unspecified atom stereocenters. The van der Waals surface area contributed by atoms with Crippen molar-refractivity contribution >= 4 is 33.8 Å². The van der Waals surface area contributed by atoms with Gasteiger partial charge in [-0.15, -0.1) is 0 Å². The molecule has 0 radical (unpaired) electrons. The van der Waals surface area contributed by atoms with Crippen LogP contribution in [0.2, 0.25) is 0 Å². The number of rotatable bonds is 1. The average molecular weight is 370 g/mol. The molecule has 0 atom stereocenters. The van der Waals surface area contributed by atoms with Crippen LogP contribution >= 0.6 is 15.9 Å². The highest BCUT2D eigenvalue weighted by atomic mass is 79.9. The monoisotopic (exact) mass is 369 g/mol. The number of hydrogen-bond donors (Lipinski definition) is 2. The normalized spacial score (nSPS) is 20.0. The highest BCUT2D eigenvalue weighted by Gasteiger charge is 2.48. The van der Waals surface area contributed by atoms with E-state index in [1.165, 1.54) is 17.0 Å². The Bertz CT molecular complexity index is 671. The molecule has 4 amide bonds. The van der Waals surface area contributed by atoms with Crippen molar-refractivity contribution < 1.29 is 18.8 Å². The van der Waals surface area contributed by atoms with Crippen LogP contribution in [0.5, 0.6) is 0 Å². The largest absolute Gasteiger partial charge is 0.338 e. The standard InChI is InChI=1S/C14H13BrFN3O3/c15-8-1-2-9(10(16)7-8)11(20)19-5-3-14(4-6-19)12(21)17-13(22)18-14/h1-2,7H,3-6H2,(H2,17,18,21,22). The Balaban J connectivity index is 1.72. The van der Waals surface area contributed by atoms with Crippen LogP contribution in [0.3, 0.4) is 0 Å². The van der Waals surface area contributed by atoms with E-state index in [1.807, 2.05) is 0 Å². The van der Waals surface area contributed by atoms with Crippen molar-refractivity contribution in [3.05, 3.63) is 34.1 Å². The van der Waals surface area contributed by atoms with Gasteiger partial charge in [-0.2, -0.15) is 0 Å². The van der Waals surface area contributed by atoms with E-state index in [4.69, 9.17) is 0 Å². The summed E-state index contributed by atoms with van der Waals surface area (Å²) in [4.78, 5) is 37.0. The van der Waals surface area contributed by atoms with Crippen LogP contribution in [0.25, 0.3) is 0 Å². The first kappa shape index (κ1) is 15.0. The van der Waals surface area contributed by atoms with Gasteiger partial charge >= 0.3 is 6.03 Å². The number of piperidine rings is 1. The lowest BCUT2D eigenvalue weighted by atomic mass is 9.87. The summed E-state index contributed by atoms with van der Waals surface area (Å²) in [7, 11) is 0. The molecule has 0 bridgehead atoms. The zero-order valence-corrected chi connectivity index (χ0v) is 13.1. The summed E-state index contributed by atoms with van der Waals surface area (Å²) in [5.74, 6) is -1.37. The van der Waals surface area contributed by atoms with Crippen molar-refractivity contribution in [1.82, 2.24) is 15.5 Å². The zero-order valence-electron chi connectivity index (χ0n) is 11.5. The Morgan fingerprint density at radius 2 is 1.95 bits per heavy atom. The Kier molecular flexibility index (Phi) is 3.64. The molecule has 0 aliphatic carbocycles. The fourth-order valence-electron chi connectivity index (χ4n) is 2.80. The van der Waals surface area contributed by atoms with E-state index in [-0.39, 0.29) is 24.6 Å². The molecule has 2 fully saturated rings. The number of imide groups is 1. The van der Waals surface area contributed by atoms with Gasteiger partial charge in [0.25, 0.3) is 11.8 Å². The van der Waals surface area contributed by atoms with Crippen molar-refractivity contribution in [2.24, 2.45) is 0 Å².